The average molecular weight is 272 g/mol. The van der Waals surface area contributed by atoms with Crippen molar-refractivity contribution in [1.29, 1.82) is 0 Å². The molecule has 0 radical (unpaired) electrons. The van der Waals surface area contributed by atoms with Crippen LogP contribution in [-0.2, 0) is 13.2 Å². The highest BCUT2D eigenvalue weighted by molar-refractivity contribution is 5.85. The van der Waals surface area contributed by atoms with E-state index < -0.39 is 0 Å². The summed E-state index contributed by atoms with van der Waals surface area (Å²) in [4.78, 5) is 16.6. The van der Waals surface area contributed by atoms with Crippen LogP contribution in [0.15, 0.2) is 23.0 Å². The van der Waals surface area contributed by atoms with Crippen molar-refractivity contribution < 1.29 is 5.11 Å². The van der Waals surface area contributed by atoms with Crippen molar-refractivity contribution in [3.8, 4) is 0 Å². The largest absolute Gasteiger partial charge is 0.392 e. The van der Waals surface area contributed by atoms with E-state index in [0.717, 1.165) is 23.1 Å². The first-order valence-electron chi connectivity index (χ1n) is 5.59. The first-order valence-corrected chi connectivity index (χ1v) is 5.59. The van der Waals surface area contributed by atoms with Crippen LogP contribution in [0.5, 0.6) is 0 Å². The normalized spacial score (nSPS) is 10.9. The maximum atomic E-state index is 11.8. The van der Waals surface area contributed by atoms with Gasteiger partial charge < -0.3 is 15.0 Å². The molecule has 0 unspecified atom stereocenters. The van der Waals surface area contributed by atoms with Crippen LogP contribution in [0.25, 0.3) is 11.0 Å². The Balaban J connectivity index is 0.00000162. The number of likely N-dealkylation sites (N-methyl/N-ethyl adjacent to an activating group) is 1. The molecule has 0 aliphatic rings. The number of nitrogens with zero attached hydrogens (tertiary/aromatic N) is 2. The summed E-state index contributed by atoms with van der Waals surface area (Å²) in [7, 11) is 3.95. The Hall–Kier alpha value is -1.30. The zero-order valence-electron chi connectivity index (χ0n) is 10.5. The molecule has 0 atom stereocenters. The van der Waals surface area contributed by atoms with E-state index >= 15 is 0 Å². The Labute approximate surface area is 111 Å². The van der Waals surface area contributed by atoms with Crippen LogP contribution in [0.4, 0.5) is 0 Å². The van der Waals surface area contributed by atoms with Crippen LogP contribution >= 0.6 is 12.4 Å². The van der Waals surface area contributed by atoms with Gasteiger partial charge in [-0.15, -0.1) is 12.4 Å². The summed E-state index contributed by atoms with van der Waals surface area (Å²) in [6.45, 7) is 1.46. The summed E-state index contributed by atoms with van der Waals surface area (Å²) < 4.78 is 1.72. The smallest absolute Gasteiger partial charge is 0.326 e. The molecule has 18 heavy (non-hydrogen) atoms. The molecule has 0 fully saturated rings. The summed E-state index contributed by atoms with van der Waals surface area (Å²) >= 11 is 0. The lowest BCUT2D eigenvalue weighted by molar-refractivity contribution is 0.282. The first-order chi connectivity index (χ1) is 8.11. The standard InChI is InChI=1S/C12H17N3O2.ClH/c1-14(2)5-6-15-11-4-3-9(8-16)7-10(11)13-12(15)17;/h3-4,7,16H,5-6,8H2,1-2H3,(H,13,17);1H. The lowest BCUT2D eigenvalue weighted by Gasteiger charge is -2.09. The van der Waals surface area contributed by atoms with Crippen molar-refractivity contribution in [3.05, 3.63) is 34.2 Å². The molecule has 0 bridgehead atoms. The molecular weight excluding hydrogens is 254 g/mol. The van der Waals surface area contributed by atoms with Gasteiger partial charge in [-0.1, -0.05) is 6.07 Å². The van der Waals surface area contributed by atoms with E-state index in [0.29, 0.717) is 6.54 Å². The van der Waals surface area contributed by atoms with E-state index in [2.05, 4.69) is 4.98 Å². The van der Waals surface area contributed by atoms with E-state index in [1.807, 2.05) is 37.2 Å². The minimum Gasteiger partial charge on any atom is -0.392 e. The zero-order chi connectivity index (χ0) is 12.4. The minimum absolute atomic E-state index is 0. The second-order valence-electron chi connectivity index (χ2n) is 4.39. The molecule has 2 rings (SSSR count). The van der Waals surface area contributed by atoms with Crippen LogP contribution in [0, 0.1) is 0 Å². The van der Waals surface area contributed by atoms with E-state index in [4.69, 9.17) is 5.11 Å². The summed E-state index contributed by atoms with van der Waals surface area (Å²) in [5, 5.41) is 9.04. The Morgan fingerprint density at radius 1 is 1.39 bits per heavy atom. The number of aromatic nitrogens is 2. The average Bonchev–Trinajstić information content (AvgIpc) is 2.60. The number of imidazole rings is 1. The molecule has 100 valence electrons. The number of hydrogen-bond acceptors (Lipinski definition) is 3. The number of hydrogen-bond donors (Lipinski definition) is 2. The Bertz CT molecular complexity index is 574. The number of H-pyrrole nitrogens is 1. The number of rotatable bonds is 4. The van der Waals surface area contributed by atoms with Gasteiger partial charge in [0.1, 0.15) is 0 Å². The van der Waals surface area contributed by atoms with Gasteiger partial charge in [0, 0.05) is 13.1 Å². The molecule has 0 aliphatic carbocycles. The van der Waals surface area contributed by atoms with Crippen molar-refractivity contribution in [2.75, 3.05) is 20.6 Å². The molecule has 1 aromatic heterocycles. The summed E-state index contributed by atoms with van der Waals surface area (Å²) in [5.74, 6) is 0. The number of aromatic amines is 1. The predicted molar refractivity (Wildman–Crippen MR) is 74.3 cm³/mol. The lowest BCUT2D eigenvalue weighted by atomic mass is 10.2. The van der Waals surface area contributed by atoms with E-state index in [-0.39, 0.29) is 24.7 Å². The van der Waals surface area contributed by atoms with Gasteiger partial charge in [0.2, 0.25) is 0 Å². The fourth-order valence-electron chi connectivity index (χ4n) is 1.83. The van der Waals surface area contributed by atoms with Crippen LogP contribution < -0.4 is 5.69 Å². The zero-order valence-corrected chi connectivity index (χ0v) is 11.3. The topological polar surface area (TPSA) is 61.3 Å². The highest BCUT2D eigenvalue weighted by Crippen LogP contribution is 2.12. The predicted octanol–water partition coefficient (Wildman–Crippen LogP) is 0.805. The van der Waals surface area contributed by atoms with Gasteiger partial charge in [0.15, 0.2) is 0 Å². The highest BCUT2D eigenvalue weighted by Gasteiger charge is 2.07. The van der Waals surface area contributed by atoms with E-state index in [1.165, 1.54) is 0 Å². The number of fused-ring (bicyclic) bond motifs is 1. The van der Waals surface area contributed by atoms with Gasteiger partial charge in [0.25, 0.3) is 0 Å². The van der Waals surface area contributed by atoms with Crippen LogP contribution in [0.2, 0.25) is 0 Å². The Kier molecular flexibility index (Phi) is 4.95. The molecule has 0 saturated heterocycles. The van der Waals surface area contributed by atoms with Crippen molar-refractivity contribution in [1.82, 2.24) is 14.5 Å². The molecule has 0 spiro atoms. The lowest BCUT2D eigenvalue weighted by Crippen LogP contribution is -2.24. The molecule has 5 nitrogen and oxygen atoms in total. The van der Waals surface area contributed by atoms with Crippen molar-refractivity contribution in [2.24, 2.45) is 0 Å². The number of benzene rings is 1. The molecule has 6 heteroatoms. The van der Waals surface area contributed by atoms with Gasteiger partial charge in [0.05, 0.1) is 17.6 Å². The monoisotopic (exact) mass is 271 g/mol. The molecule has 0 saturated carbocycles. The molecule has 2 N–H and O–H groups in total. The SMILES string of the molecule is CN(C)CCn1c(=O)[nH]c2cc(CO)ccc21.Cl. The quantitative estimate of drug-likeness (QED) is 0.865. The molecule has 1 aromatic carbocycles. The van der Waals surface area contributed by atoms with E-state index in [1.54, 1.807) is 4.57 Å². The fraction of sp³-hybridized carbons (Fsp3) is 0.417. The summed E-state index contributed by atoms with van der Waals surface area (Å²) in [6.07, 6.45) is 0. The number of halogens is 1. The second kappa shape index (κ2) is 6.04. The van der Waals surface area contributed by atoms with Crippen molar-refractivity contribution in [3.63, 3.8) is 0 Å². The third-order valence-corrected chi connectivity index (χ3v) is 2.79. The highest BCUT2D eigenvalue weighted by atomic mass is 35.5. The number of aliphatic hydroxyl groups excluding tert-OH is 1. The molecule has 1 heterocycles. The molecule has 0 aliphatic heterocycles. The van der Waals surface area contributed by atoms with E-state index in [9.17, 15) is 4.79 Å². The minimum atomic E-state index is -0.100. The van der Waals surface area contributed by atoms with Crippen LogP contribution in [-0.4, -0.2) is 40.2 Å². The molecular formula is C12H18ClN3O2. The molecule has 2 aromatic rings. The fourth-order valence-corrected chi connectivity index (χ4v) is 1.83. The maximum absolute atomic E-state index is 11.8. The Morgan fingerprint density at radius 2 is 2.11 bits per heavy atom. The first kappa shape index (κ1) is 14.8. The van der Waals surface area contributed by atoms with Crippen LogP contribution in [0.1, 0.15) is 5.56 Å². The van der Waals surface area contributed by atoms with Gasteiger partial charge in [-0.05, 0) is 31.8 Å². The second-order valence-corrected chi connectivity index (χ2v) is 4.39. The number of aliphatic hydroxyl groups is 1. The van der Waals surface area contributed by atoms with Crippen molar-refractivity contribution in [2.45, 2.75) is 13.2 Å². The molecule has 0 amide bonds. The number of nitrogens with one attached hydrogen (secondary N) is 1. The van der Waals surface area contributed by atoms with Gasteiger partial charge in [-0.2, -0.15) is 0 Å². The van der Waals surface area contributed by atoms with Crippen molar-refractivity contribution >= 4 is 23.4 Å². The van der Waals surface area contributed by atoms with Crippen LogP contribution in [0.3, 0.4) is 0 Å². The Morgan fingerprint density at radius 3 is 2.72 bits per heavy atom. The third-order valence-electron chi connectivity index (χ3n) is 2.79. The third kappa shape index (κ3) is 2.93. The summed E-state index contributed by atoms with van der Waals surface area (Å²) in [6, 6.07) is 5.51. The summed E-state index contributed by atoms with van der Waals surface area (Å²) in [5.41, 5.74) is 2.37. The van der Waals surface area contributed by atoms with Gasteiger partial charge in [-0.25, -0.2) is 4.79 Å². The van der Waals surface area contributed by atoms with Gasteiger partial charge >= 0.3 is 5.69 Å². The van der Waals surface area contributed by atoms with Gasteiger partial charge in [-0.3, -0.25) is 4.57 Å². The maximum Gasteiger partial charge on any atom is 0.326 e.